The standard InChI is InChI=1S/C17H19FO2/c1-11-4-5-15(18)17(9-11)20-10-16(19)14-7-12(2)6-13(3)8-14/h4-9,16,19H,10H2,1-3H3. The number of aryl methyl sites for hydroxylation is 3. The van der Waals surface area contributed by atoms with Crippen molar-refractivity contribution in [1.29, 1.82) is 0 Å². The summed E-state index contributed by atoms with van der Waals surface area (Å²) in [6.07, 6.45) is -0.770. The summed E-state index contributed by atoms with van der Waals surface area (Å²) in [7, 11) is 0. The average Bonchev–Trinajstić information content (AvgIpc) is 2.38. The molecule has 1 atom stereocenters. The largest absolute Gasteiger partial charge is 0.487 e. The SMILES string of the molecule is Cc1cc(C)cc(C(O)COc2cc(C)ccc2F)c1. The fraction of sp³-hybridized carbons (Fsp3) is 0.294. The minimum atomic E-state index is -0.770. The molecule has 0 amide bonds. The highest BCUT2D eigenvalue weighted by Gasteiger charge is 2.11. The number of benzene rings is 2. The van der Waals surface area contributed by atoms with Crippen LogP contribution in [0.2, 0.25) is 0 Å². The number of rotatable bonds is 4. The summed E-state index contributed by atoms with van der Waals surface area (Å²) in [5, 5.41) is 10.1. The Balaban J connectivity index is 2.08. The van der Waals surface area contributed by atoms with Crippen LogP contribution in [0.1, 0.15) is 28.4 Å². The maximum atomic E-state index is 13.5. The first kappa shape index (κ1) is 14.5. The Bertz CT molecular complexity index is 588. The summed E-state index contributed by atoms with van der Waals surface area (Å²) in [4.78, 5) is 0. The molecular weight excluding hydrogens is 255 g/mol. The van der Waals surface area contributed by atoms with E-state index in [1.165, 1.54) is 6.07 Å². The van der Waals surface area contributed by atoms with E-state index in [-0.39, 0.29) is 12.4 Å². The van der Waals surface area contributed by atoms with Crippen LogP contribution in [0.5, 0.6) is 5.75 Å². The first-order valence-electron chi connectivity index (χ1n) is 6.61. The highest BCUT2D eigenvalue weighted by molar-refractivity contribution is 5.31. The number of halogens is 1. The summed E-state index contributed by atoms with van der Waals surface area (Å²) in [5.41, 5.74) is 3.87. The third kappa shape index (κ3) is 3.58. The number of aliphatic hydroxyl groups is 1. The predicted molar refractivity (Wildman–Crippen MR) is 77.5 cm³/mol. The molecule has 0 saturated heterocycles. The van der Waals surface area contributed by atoms with Gasteiger partial charge in [0.2, 0.25) is 0 Å². The topological polar surface area (TPSA) is 29.5 Å². The van der Waals surface area contributed by atoms with E-state index in [1.807, 2.05) is 39.0 Å². The molecule has 1 unspecified atom stereocenters. The molecule has 2 aromatic rings. The van der Waals surface area contributed by atoms with E-state index in [0.717, 1.165) is 22.3 Å². The first-order chi connectivity index (χ1) is 9.45. The number of hydrogen-bond donors (Lipinski definition) is 1. The van der Waals surface area contributed by atoms with Crippen molar-refractivity contribution in [2.45, 2.75) is 26.9 Å². The molecule has 2 aromatic carbocycles. The molecule has 0 aliphatic rings. The van der Waals surface area contributed by atoms with Gasteiger partial charge < -0.3 is 9.84 Å². The Labute approximate surface area is 118 Å². The second-order valence-corrected chi connectivity index (χ2v) is 5.18. The molecule has 0 aromatic heterocycles. The highest BCUT2D eigenvalue weighted by Crippen LogP contribution is 2.22. The molecule has 0 aliphatic heterocycles. The van der Waals surface area contributed by atoms with Gasteiger partial charge in [-0.1, -0.05) is 35.4 Å². The molecule has 0 fully saturated rings. The summed E-state index contributed by atoms with van der Waals surface area (Å²) in [6.45, 7) is 5.85. The maximum absolute atomic E-state index is 13.5. The quantitative estimate of drug-likeness (QED) is 0.917. The molecule has 0 aliphatic carbocycles. The zero-order valence-electron chi connectivity index (χ0n) is 12.0. The van der Waals surface area contributed by atoms with E-state index in [4.69, 9.17) is 4.74 Å². The molecule has 0 heterocycles. The maximum Gasteiger partial charge on any atom is 0.165 e. The molecule has 0 radical (unpaired) electrons. The Morgan fingerprint density at radius 1 is 1.00 bits per heavy atom. The third-order valence-corrected chi connectivity index (χ3v) is 3.11. The lowest BCUT2D eigenvalue weighted by Crippen LogP contribution is -2.11. The van der Waals surface area contributed by atoms with E-state index in [2.05, 4.69) is 0 Å². The zero-order valence-corrected chi connectivity index (χ0v) is 12.0. The second-order valence-electron chi connectivity index (χ2n) is 5.18. The van der Waals surface area contributed by atoms with Crippen molar-refractivity contribution in [2.24, 2.45) is 0 Å². The first-order valence-corrected chi connectivity index (χ1v) is 6.61. The summed E-state index contributed by atoms with van der Waals surface area (Å²) < 4.78 is 18.9. The second kappa shape index (κ2) is 6.06. The summed E-state index contributed by atoms with van der Waals surface area (Å²) in [6, 6.07) is 10.5. The van der Waals surface area contributed by atoms with Crippen LogP contribution in [0.25, 0.3) is 0 Å². The lowest BCUT2D eigenvalue weighted by molar-refractivity contribution is 0.105. The van der Waals surface area contributed by atoms with Crippen LogP contribution in [-0.4, -0.2) is 11.7 Å². The van der Waals surface area contributed by atoms with Gasteiger partial charge in [-0.25, -0.2) is 4.39 Å². The molecule has 2 nitrogen and oxygen atoms in total. The predicted octanol–water partition coefficient (Wildman–Crippen LogP) is 3.86. The van der Waals surface area contributed by atoms with Gasteiger partial charge in [-0.2, -0.15) is 0 Å². The third-order valence-electron chi connectivity index (χ3n) is 3.11. The van der Waals surface area contributed by atoms with Crippen molar-refractivity contribution in [3.05, 3.63) is 64.5 Å². The molecular formula is C17H19FO2. The van der Waals surface area contributed by atoms with Gasteiger partial charge in [0.25, 0.3) is 0 Å². The van der Waals surface area contributed by atoms with Crippen molar-refractivity contribution in [3.8, 4) is 5.75 Å². The smallest absolute Gasteiger partial charge is 0.165 e. The van der Waals surface area contributed by atoms with Crippen molar-refractivity contribution >= 4 is 0 Å². The lowest BCUT2D eigenvalue weighted by Gasteiger charge is -2.15. The van der Waals surface area contributed by atoms with Crippen LogP contribution in [0.3, 0.4) is 0 Å². The normalized spacial score (nSPS) is 12.2. The van der Waals surface area contributed by atoms with Gasteiger partial charge in [0, 0.05) is 0 Å². The van der Waals surface area contributed by atoms with Crippen LogP contribution >= 0.6 is 0 Å². The van der Waals surface area contributed by atoms with Crippen molar-refractivity contribution < 1.29 is 14.2 Å². The minimum Gasteiger partial charge on any atom is -0.487 e. The monoisotopic (exact) mass is 274 g/mol. The Kier molecular flexibility index (Phi) is 4.40. The summed E-state index contributed by atoms with van der Waals surface area (Å²) in [5.74, 6) is -0.239. The van der Waals surface area contributed by atoms with E-state index in [0.29, 0.717) is 0 Å². The van der Waals surface area contributed by atoms with Gasteiger partial charge in [0.15, 0.2) is 11.6 Å². The Morgan fingerprint density at radius 3 is 2.30 bits per heavy atom. The number of hydrogen-bond acceptors (Lipinski definition) is 2. The van der Waals surface area contributed by atoms with Crippen molar-refractivity contribution in [3.63, 3.8) is 0 Å². The Hall–Kier alpha value is -1.87. The van der Waals surface area contributed by atoms with E-state index < -0.39 is 11.9 Å². The van der Waals surface area contributed by atoms with E-state index >= 15 is 0 Å². The number of ether oxygens (including phenoxy) is 1. The minimum absolute atomic E-state index is 0.0310. The van der Waals surface area contributed by atoms with Gasteiger partial charge in [0.05, 0.1) is 0 Å². The molecule has 2 rings (SSSR count). The van der Waals surface area contributed by atoms with Gasteiger partial charge in [-0.15, -0.1) is 0 Å². The Morgan fingerprint density at radius 2 is 1.65 bits per heavy atom. The van der Waals surface area contributed by atoms with Gasteiger partial charge in [-0.3, -0.25) is 0 Å². The van der Waals surface area contributed by atoms with Gasteiger partial charge >= 0.3 is 0 Å². The van der Waals surface area contributed by atoms with Crippen LogP contribution < -0.4 is 4.74 Å². The average molecular weight is 274 g/mol. The summed E-state index contributed by atoms with van der Waals surface area (Å²) >= 11 is 0. The molecule has 20 heavy (non-hydrogen) atoms. The van der Waals surface area contributed by atoms with Crippen LogP contribution in [0.4, 0.5) is 4.39 Å². The van der Waals surface area contributed by atoms with Gasteiger partial charge in [0.1, 0.15) is 12.7 Å². The zero-order chi connectivity index (χ0) is 14.7. The van der Waals surface area contributed by atoms with E-state index in [9.17, 15) is 9.50 Å². The highest BCUT2D eigenvalue weighted by atomic mass is 19.1. The lowest BCUT2D eigenvalue weighted by atomic mass is 10.0. The molecule has 0 saturated carbocycles. The van der Waals surface area contributed by atoms with Crippen LogP contribution in [0.15, 0.2) is 36.4 Å². The number of aliphatic hydroxyl groups excluding tert-OH is 1. The fourth-order valence-electron chi connectivity index (χ4n) is 2.19. The molecule has 3 heteroatoms. The fourth-order valence-corrected chi connectivity index (χ4v) is 2.19. The molecule has 0 spiro atoms. The molecule has 1 N–H and O–H groups in total. The van der Waals surface area contributed by atoms with Crippen LogP contribution in [-0.2, 0) is 0 Å². The van der Waals surface area contributed by atoms with Gasteiger partial charge in [-0.05, 0) is 44.0 Å². The van der Waals surface area contributed by atoms with Crippen molar-refractivity contribution in [1.82, 2.24) is 0 Å². The van der Waals surface area contributed by atoms with Crippen LogP contribution in [0, 0.1) is 26.6 Å². The van der Waals surface area contributed by atoms with E-state index in [1.54, 1.807) is 12.1 Å². The van der Waals surface area contributed by atoms with Crippen molar-refractivity contribution in [2.75, 3.05) is 6.61 Å². The molecule has 106 valence electrons. The molecule has 0 bridgehead atoms.